The smallest absolute Gasteiger partial charge is 0.258 e. The zero-order valence-corrected chi connectivity index (χ0v) is 16.1. The van der Waals surface area contributed by atoms with Crippen molar-refractivity contribution in [2.75, 3.05) is 19.8 Å². The zero-order chi connectivity index (χ0) is 20.1. The third kappa shape index (κ3) is 4.23. The van der Waals surface area contributed by atoms with Crippen LogP contribution in [0.25, 0.3) is 10.9 Å². The fraction of sp³-hybridized carbons (Fsp3) is 0.273. The van der Waals surface area contributed by atoms with Crippen molar-refractivity contribution in [1.82, 2.24) is 9.88 Å². The number of rotatable bonds is 7. The summed E-state index contributed by atoms with van der Waals surface area (Å²) in [5.41, 5.74) is 2.46. The van der Waals surface area contributed by atoms with E-state index in [1.807, 2.05) is 32.0 Å². The molecule has 6 nitrogen and oxygen atoms in total. The van der Waals surface area contributed by atoms with Crippen LogP contribution in [0.1, 0.15) is 28.4 Å². The Morgan fingerprint density at radius 1 is 1.18 bits per heavy atom. The van der Waals surface area contributed by atoms with Crippen LogP contribution in [-0.4, -0.2) is 40.7 Å². The molecule has 0 fully saturated rings. The third-order valence-corrected chi connectivity index (χ3v) is 4.51. The molecule has 3 rings (SSSR count). The van der Waals surface area contributed by atoms with Crippen molar-refractivity contribution < 1.29 is 14.6 Å². The van der Waals surface area contributed by atoms with E-state index in [-0.39, 0.29) is 31.2 Å². The van der Waals surface area contributed by atoms with Gasteiger partial charge in [0.15, 0.2) is 0 Å². The van der Waals surface area contributed by atoms with Crippen molar-refractivity contribution in [3.05, 3.63) is 75.6 Å². The number of benzene rings is 2. The molecule has 0 radical (unpaired) electrons. The number of pyridine rings is 1. The number of aliphatic hydroxyl groups excluding tert-OH is 1. The van der Waals surface area contributed by atoms with E-state index in [0.29, 0.717) is 23.5 Å². The van der Waals surface area contributed by atoms with Gasteiger partial charge in [0.05, 0.1) is 25.3 Å². The van der Waals surface area contributed by atoms with Gasteiger partial charge < -0.3 is 19.7 Å². The molecule has 28 heavy (non-hydrogen) atoms. The lowest BCUT2D eigenvalue weighted by Gasteiger charge is -2.23. The molecule has 1 heterocycles. The van der Waals surface area contributed by atoms with E-state index in [1.54, 1.807) is 30.3 Å². The van der Waals surface area contributed by atoms with E-state index < -0.39 is 0 Å². The second-order valence-electron chi connectivity index (χ2n) is 6.59. The highest BCUT2D eigenvalue weighted by atomic mass is 16.5. The largest absolute Gasteiger partial charge is 0.493 e. The summed E-state index contributed by atoms with van der Waals surface area (Å²) in [5.74, 6) is 0.197. The maximum Gasteiger partial charge on any atom is 0.258 e. The van der Waals surface area contributed by atoms with Gasteiger partial charge in [0.25, 0.3) is 11.5 Å². The summed E-state index contributed by atoms with van der Waals surface area (Å²) in [6.45, 7) is 4.28. The van der Waals surface area contributed by atoms with E-state index in [1.165, 1.54) is 4.90 Å². The van der Waals surface area contributed by atoms with Gasteiger partial charge >= 0.3 is 0 Å². The van der Waals surface area contributed by atoms with Gasteiger partial charge in [0.2, 0.25) is 0 Å². The second-order valence-corrected chi connectivity index (χ2v) is 6.59. The van der Waals surface area contributed by atoms with E-state index in [4.69, 9.17) is 4.74 Å². The van der Waals surface area contributed by atoms with Crippen LogP contribution in [0.2, 0.25) is 0 Å². The molecule has 2 N–H and O–H groups in total. The molecule has 0 aliphatic rings. The Balaban J connectivity index is 1.95. The van der Waals surface area contributed by atoms with Gasteiger partial charge in [-0.05, 0) is 49.6 Å². The number of aryl methyl sites for hydroxylation is 1. The summed E-state index contributed by atoms with van der Waals surface area (Å²) in [6.07, 6.45) is 0. The van der Waals surface area contributed by atoms with E-state index >= 15 is 0 Å². The summed E-state index contributed by atoms with van der Waals surface area (Å²) in [7, 11) is 0. The van der Waals surface area contributed by atoms with Crippen molar-refractivity contribution in [1.29, 1.82) is 0 Å². The van der Waals surface area contributed by atoms with E-state index in [0.717, 1.165) is 16.5 Å². The number of amides is 1. The number of carbonyl (C=O) groups is 1. The first-order chi connectivity index (χ1) is 13.5. The van der Waals surface area contributed by atoms with Gasteiger partial charge in [0.1, 0.15) is 5.75 Å². The van der Waals surface area contributed by atoms with Crippen LogP contribution in [0, 0.1) is 6.92 Å². The van der Waals surface area contributed by atoms with Gasteiger partial charge in [-0.15, -0.1) is 0 Å². The number of hydrogen-bond acceptors (Lipinski definition) is 4. The first-order valence-electron chi connectivity index (χ1n) is 9.28. The molecule has 0 aliphatic heterocycles. The highest BCUT2D eigenvalue weighted by Gasteiger charge is 2.20. The quantitative estimate of drug-likeness (QED) is 0.660. The molecule has 1 aromatic heterocycles. The zero-order valence-electron chi connectivity index (χ0n) is 16.1. The normalized spacial score (nSPS) is 10.8. The maximum atomic E-state index is 13.1. The van der Waals surface area contributed by atoms with Crippen LogP contribution in [0.4, 0.5) is 0 Å². The molecular weight excluding hydrogens is 356 g/mol. The highest BCUT2D eigenvalue weighted by molar-refractivity contribution is 5.97. The third-order valence-electron chi connectivity index (χ3n) is 4.51. The first-order valence-corrected chi connectivity index (χ1v) is 9.28. The number of nitrogens with zero attached hydrogens (tertiary/aromatic N) is 1. The molecule has 0 spiro atoms. The number of hydrogen-bond donors (Lipinski definition) is 2. The first kappa shape index (κ1) is 19.6. The average molecular weight is 380 g/mol. The van der Waals surface area contributed by atoms with Gasteiger partial charge in [0, 0.05) is 17.6 Å². The predicted octanol–water partition coefficient (Wildman–Crippen LogP) is 2.87. The van der Waals surface area contributed by atoms with Crippen molar-refractivity contribution in [2.45, 2.75) is 20.4 Å². The number of ether oxygens (including phenoxy) is 1. The summed E-state index contributed by atoms with van der Waals surface area (Å²) < 4.78 is 5.55. The molecule has 0 saturated heterocycles. The molecule has 2 aromatic carbocycles. The Morgan fingerprint density at radius 2 is 1.96 bits per heavy atom. The number of para-hydroxylation sites is 1. The molecule has 6 heteroatoms. The molecule has 0 bridgehead atoms. The molecule has 0 atom stereocenters. The summed E-state index contributed by atoms with van der Waals surface area (Å²) >= 11 is 0. The Labute approximate surface area is 163 Å². The maximum absolute atomic E-state index is 13.1. The standard InChI is InChI=1S/C22H24N2O4/c1-3-28-20-7-5-4-6-18(20)22(27)24(10-11-25)14-17-13-16-12-15(2)8-9-19(16)23-21(17)26/h4-9,12-13,25H,3,10-11,14H2,1-2H3,(H,23,26). The minimum atomic E-state index is -0.290. The predicted molar refractivity (Wildman–Crippen MR) is 109 cm³/mol. The second kappa shape index (κ2) is 8.71. The van der Waals surface area contributed by atoms with Crippen molar-refractivity contribution >= 4 is 16.8 Å². The van der Waals surface area contributed by atoms with Crippen LogP contribution in [-0.2, 0) is 6.54 Å². The fourth-order valence-corrected chi connectivity index (χ4v) is 3.16. The lowest BCUT2D eigenvalue weighted by atomic mass is 10.1. The molecule has 3 aromatic rings. The van der Waals surface area contributed by atoms with Crippen LogP contribution in [0.15, 0.2) is 53.3 Å². The number of aromatic nitrogens is 1. The van der Waals surface area contributed by atoms with E-state index in [9.17, 15) is 14.7 Å². The summed E-state index contributed by atoms with van der Waals surface area (Å²) in [4.78, 5) is 29.9. The number of H-pyrrole nitrogens is 1. The molecule has 0 aliphatic carbocycles. The highest BCUT2D eigenvalue weighted by Crippen LogP contribution is 2.21. The summed E-state index contributed by atoms with van der Waals surface area (Å²) in [6, 6.07) is 14.6. The molecular formula is C22H24N2O4. The van der Waals surface area contributed by atoms with Gasteiger partial charge in [-0.1, -0.05) is 23.8 Å². The van der Waals surface area contributed by atoms with Crippen LogP contribution < -0.4 is 10.3 Å². The monoisotopic (exact) mass is 380 g/mol. The number of aliphatic hydroxyl groups is 1. The summed E-state index contributed by atoms with van der Waals surface area (Å²) in [5, 5.41) is 10.4. The Kier molecular flexibility index (Phi) is 6.11. The van der Waals surface area contributed by atoms with Gasteiger partial charge in [-0.25, -0.2) is 0 Å². The number of nitrogens with one attached hydrogen (secondary N) is 1. The topological polar surface area (TPSA) is 82.6 Å². The molecule has 0 saturated carbocycles. The van der Waals surface area contributed by atoms with E-state index in [2.05, 4.69) is 4.98 Å². The van der Waals surface area contributed by atoms with Gasteiger partial charge in [-0.3, -0.25) is 9.59 Å². The average Bonchev–Trinajstić information content (AvgIpc) is 2.68. The fourth-order valence-electron chi connectivity index (χ4n) is 3.16. The molecule has 146 valence electrons. The van der Waals surface area contributed by atoms with Crippen molar-refractivity contribution in [2.24, 2.45) is 0 Å². The lowest BCUT2D eigenvalue weighted by Crippen LogP contribution is -2.35. The van der Waals surface area contributed by atoms with Crippen molar-refractivity contribution in [3.8, 4) is 5.75 Å². The van der Waals surface area contributed by atoms with Crippen LogP contribution >= 0.6 is 0 Å². The van der Waals surface area contributed by atoms with Crippen molar-refractivity contribution in [3.63, 3.8) is 0 Å². The van der Waals surface area contributed by atoms with Crippen LogP contribution in [0.5, 0.6) is 5.75 Å². The SMILES string of the molecule is CCOc1ccccc1C(=O)N(CCO)Cc1cc2cc(C)ccc2[nH]c1=O. The molecule has 1 amide bonds. The number of aromatic amines is 1. The lowest BCUT2D eigenvalue weighted by molar-refractivity contribution is 0.0703. The Morgan fingerprint density at radius 3 is 2.71 bits per heavy atom. The Bertz CT molecular complexity index is 1040. The van der Waals surface area contributed by atoms with Crippen LogP contribution in [0.3, 0.4) is 0 Å². The Hall–Kier alpha value is -3.12. The molecule has 0 unspecified atom stereocenters. The minimum absolute atomic E-state index is 0.0963. The number of carbonyl (C=O) groups excluding carboxylic acids is 1. The number of fused-ring (bicyclic) bond motifs is 1. The van der Waals surface area contributed by atoms with Gasteiger partial charge in [-0.2, -0.15) is 0 Å². The minimum Gasteiger partial charge on any atom is -0.493 e.